The molecule has 0 N–H and O–H groups in total. The van der Waals surface area contributed by atoms with Gasteiger partial charge in [-0.1, -0.05) is 48.0 Å². The number of carbonyl (C=O) groups is 2. The number of halogens is 2. The maximum atomic E-state index is 14.5. The van der Waals surface area contributed by atoms with Crippen molar-refractivity contribution in [3.8, 4) is 0 Å². The fraction of sp³-hybridized carbons (Fsp3) is 0.174. The van der Waals surface area contributed by atoms with Crippen LogP contribution in [0.25, 0.3) is 0 Å². The zero-order valence-corrected chi connectivity index (χ0v) is 17.0. The van der Waals surface area contributed by atoms with Crippen molar-refractivity contribution in [3.05, 3.63) is 105 Å². The lowest BCUT2D eigenvalue weighted by molar-refractivity contribution is -0.123. The lowest BCUT2D eigenvalue weighted by Gasteiger charge is -2.35. The minimum absolute atomic E-state index is 0.0954. The lowest BCUT2D eigenvalue weighted by Crippen LogP contribution is -2.41. The molecular weight excluding hydrogens is 421 g/mol. The van der Waals surface area contributed by atoms with Crippen LogP contribution >= 0.6 is 11.6 Å². The third-order valence-corrected chi connectivity index (χ3v) is 5.61. The minimum atomic E-state index is -1.29. The van der Waals surface area contributed by atoms with E-state index in [-0.39, 0.29) is 10.7 Å². The van der Waals surface area contributed by atoms with E-state index in [1.54, 1.807) is 48.5 Å². The molecule has 1 aliphatic carbocycles. The Morgan fingerprint density at radius 3 is 2.55 bits per heavy atom. The van der Waals surface area contributed by atoms with Gasteiger partial charge in [0.15, 0.2) is 0 Å². The third kappa shape index (κ3) is 3.96. The number of rotatable bonds is 5. The van der Waals surface area contributed by atoms with Crippen LogP contribution in [0.4, 0.5) is 4.39 Å². The van der Waals surface area contributed by atoms with Crippen LogP contribution in [0.5, 0.6) is 0 Å². The van der Waals surface area contributed by atoms with Gasteiger partial charge in [-0.25, -0.2) is 4.39 Å². The van der Waals surface area contributed by atoms with Crippen LogP contribution in [0.3, 0.4) is 0 Å². The monoisotopic (exact) mass is 437 g/mol. The predicted octanol–water partition coefficient (Wildman–Crippen LogP) is 5.04. The molecule has 1 heterocycles. The van der Waals surface area contributed by atoms with Crippen molar-refractivity contribution in [2.75, 3.05) is 0 Å². The smallest absolute Gasteiger partial charge is 0.313 e. The predicted molar refractivity (Wildman–Crippen MR) is 113 cm³/mol. The zero-order chi connectivity index (χ0) is 22.0. The van der Waals surface area contributed by atoms with Crippen LogP contribution in [0.1, 0.15) is 45.7 Å². The van der Waals surface area contributed by atoms with Crippen LogP contribution in [-0.4, -0.2) is 21.7 Å². The van der Waals surface area contributed by atoms with Gasteiger partial charge in [0.25, 0.3) is 5.91 Å². The molecule has 4 rings (SSSR count). The summed E-state index contributed by atoms with van der Waals surface area (Å²) in [5, 5.41) is 2.81. The Kier molecular flexibility index (Phi) is 5.86. The van der Waals surface area contributed by atoms with E-state index in [4.69, 9.17) is 11.6 Å². The molecule has 2 aromatic carbocycles. The number of aromatic nitrogens is 1. The summed E-state index contributed by atoms with van der Waals surface area (Å²) in [5.74, 6) is -2.05. The SMILES string of the molecule is O=NC(=O)[C@@H](c1ccccc1)N(C(=O)c1ccccn1)[C@@H]1CCc2c(F)cc(Cl)cc21. The van der Waals surface area contributed by atoms with E-state index >= 15 is 0 Å². The van der Waals surface area contributed by atoms with Crippen molar-refractivity contribution in [2.24, 2.45) is 5.18 Å². The van der Waals surface area contributed by atoms with Gasteiger partial charge in [-0.2, -0.15) is 0 Å². The zero-order valence-electron chi connectivity index (χ0n) is 16.2. The van der Waals surface area contributed by atoms with E-state index in [9.17, 15) is 18.9 Å². The molecule has 0 radical (unpaired) electrons. The Bertz CT molecular complexity index is 1140. The molecule has 3 aromatic rings. The fourth-order valence-electron chi connectivity index (χ4n) is 4.08. The summed E-state index contributed by atoms with van der Waals surface area (Å²) in [6, 6.07) is 14.1. The van der Waals surface area contributed by atoms with Crippen molar-refractivity contribution in [2.45, 2.75) is 24.9 Å². The number of nitroso groups, excluding NO2 is 1. The number of hydrogen-bond donors (Lipinski definition) is 0. The first-order valence-electron chi connectivity index (χ1n) is 9.65. The topological polar surface area (TPSA) is 79.7 Å². The molecule has 0 spiro atoms. The van der Waals surface area contributed by atoms with Gasteiger partial charge >= 0.3 is 5.91 Å². The van der Waals surface area contributed by atoms with Gasteiger partial charge in [-0.15, -0.1) is 4.91 Å². The molecular formula is C23H17ClFN3O3. The van der Waals surface area contributed by atoms with Crippen LogP contribution < -0.4 is 0 Å². The van der Waals surface area contributed by atoms with Gasteiger partial charge < -0.3 is 4.90 Å². The Labute approximate surface area is 182 Å². The Morgan fingerprint density at radius 1 is 1.13 bits per heavy atom. The van der Waals surface area contributed by atoms with E-state index in [0.29, 0.717) is 29.5 Å². The highest BCUT2D eigenvalue weighted by Gasteiger charge is 2.41. The molecule has 2 amide bonds. The van der Waals surface area contributed by atoms with Gasteiger partial charge in [-0.05, 0) is 53.8 Å². The standard InChI is InChI=1S/C23H17ClFN3O3/c24-15-12-17-16(18(25)13-15)9-10-20(17)28(23(30)19-8-4-5-11-26-19)21(22(29)27-31)14-6-2-1-3-7-14/h1-8,11-13,20-21H,9-10H2/t20-,21-/m1/s1. The number of nitrogens with zero attached hydrogens (tertiary/aromatic N) is 3. The summed E-state index contributed by atoms with van der Waals surface area (Å²) in [6.07, 6.45) is 2.18. The number of amides is 2. The van der Waals surface area contributed by atoms with Crippen molar-refractivity contribution < 1.29 is 14.0 Å². The van der Waals surface area contributed by atoms with Crippen molar-refractivity contribution in [1.82, 2.24) is 9.88 Å². The van der Waals surface area contributed by atoms with Crippen LogP contribution in [0.2, 0.25) is 5.02 Å². The molecule has 6 nitrogen and oxygen atoms in total. The molecule has 0 fully saturated rings. The molecule has 0 unspecified atom stereocenters. The number of benzene rings is 2. The van der Waals surface area contributed by atoms with Crippen LogP contribution in [0.15, 0.2) is 72.0 Å². The first-order chi connectivity index (χ1) is 15.0. The van der Waals surface area contributed by atoms with Crippen molar-refractivity contribution in [1.29, 1.82) is 0 Å². The second kappa shape index (κ2) is 8.73. The van der Waals surface area contributed by atoms with E-state index in [0.717, 1.165) is 0 Å². The number of pyridine rings is 1. The second-order valence-electron chi connectivity index (χ2n) is 7.18. The highest BCUT2D eigenvalue weighted by atomic mass is 35.5. The molecule has 156 valence electrons. The molecule has 0 bridgehead atoms. The Balaban J connectivity index is 1.90. The molecule has 0 saturated carbocycles. The molecule has 2 atom stereocenters. The first-order valence-corrected chi connectivity index (χ1v) is 10.0. The van der Waals surface area contributed by atoms with Crippen molar-refractivity contribution >= 4 is 23.4 Å². The summed E-state index contributed by atoms with van der Waals surface area (Å²) < 4.78 is 14.5. The maximum Gasteiger partial charge on any atom is 0.313 e. The van der Waals surface area contributed by atoms with Crippen LogP contribution in [-0.2, 0) is 11.2 Å². The largest absolute Gasteiger partial charge is 0.314 e. The van der Waals surface area contributed by atoms with Crippen molar-refractivity contribution in [3.63, 3.8) is 0 Å². The quantitative estimate of drug-likeness (QED) is 0.524. The normalized spacial score (nSPS) is 15.7. The highest BCUT2D eigenvalue weighted by molar-refractivity contribution is 6.30. The van der Waals surface area contributed by atoms with E-state index < -0.39 is 29.7 Å². The second-order valence-corrected chi connectivity index (χ2v) is 7.62. The molecule has 1 aliphatic rings. The van der Waals surface area contributed by atoms with Gasteiger partial charge in [0.05, 0.1) is 6.04 Å². The highest BCUT2D eigenvalue weighted by Crippen LogP contribution is 2.43. The molecule has 0 saturated heterocycles. The summed E-state index contributed by atoms with van der Waals surface area (Å²) >= 11 is 6.09. The number of fused-ring (bicyclic) bond motifs is 1. The van der Waals surface area contributed by atoms with Crippen LogP contribution in [0, 0.1) is 10.7 Å². The number of carbonyl (C=O) groups excluding carboxylic acids is 2. The average Bonchev–Trinajstić information content (AvgIpc) is 3.21. The molecule has 8 heteroatoms. The molecule has 1 aromatic heterocycles. The molecule has 0 aliphatic heterocycles. The summed E-state index contributed by atoms with van der Waals surface area (Å²) in [5.41, 5.74) is 1.46. The fourth-order valence-corrected chi connectivity index (χ4v) is 4.29. The van der Waals surface area contributed by atoms with E-state index in [2.05, 4.69) is 10.2 Å². The minimum Gasteiger partial charge on any atom is -0.314 e. The number of hydrogen-bond acceptors (Lipinski definition) is 4. The Morgan fingerprint density at radius 2 is 1.87 bits per heavy atom. The van der Waals surface area contributed by atoms with Gasteiger partial charge in [0.2, 0.25) is 0 Å². The first kappa shape index (κ1) is 20.8. The van der Waals surface area contributed by atoms with E-state index in [1.165, 1.54) is 23.2 Å². The lowest BCUT2D eigenvalue weighted by atomic mass is 9.98. The average molecular weight is 438 g/mol. The third-order valence-electron chi connectivity index (χ3n) is 5.39. The molecule has 31 heavy (non-hydrogen) atoms. The summed E-state index contributed by atoms with van der Waals surface area (Å²) in [6.45, 7) is 0. The maximum absolute atomic E-state index is 14.5. The van der Waals surface area contributed by atoms with Gasteiger partial charge in [0.1, 0.15) is 17.6 Å². The summed E-state index contributed by atoms with van der Waals surface area (Å²) in [4.78, 5) is 43.0. The van der Waals surface area contributed by atoms with Gasteiger partial charge in [-0.3, -0.25) is 14.6 Å². The van der Waals surface area contributed by atoms with Gasteiger partial charge in [0, 0.05) is 16.4 Å². The Hall–Kier alpha value is -3.45. The summed E-state index contributed by atoms with van der Waals surface area (Å²) in [7, 11) is 0. The van der Waals surface area contributed by atoms with E-state index in [1.807, 2.05) is 0 Å².